The molecule has 0 aliphatic carbocycles. The molecule has 9 nitrogen and oxygen atoms in total. The number of hydrogen-bond acceptors (Lipinski definition) is 8. The maximum atomic E-state index is 13.1. The number of nitriles is 1. The molecule has 0 atom stereocenters. The van der Waals surface area contributed by atoms with Gasteiger partial charge in [-0.25, -0.2) is 4.98 Å². The molecule has 2 fully saturated rings. The zero-order valence-corrected chi connectivity index (χ0v) is 23.6. The second-order valence-electron chi connectivity index (χ2n) is 10.5. The van der Waals surface area contributed by atoms with E-state index in [4.69, 9.17) is 0 Å². The number of piperazine rings is 1. The molecule has 2 saturated heterocycles. The predicted octanol–water partition coefficient (Wildman–Crippen LogP) is 3.13. The van der Waals surface area contributed by atoms with Crippen molar-refractivity contribution in [1.82, 2.24) is 30.1 Å². The lowest BCUT2D eigenvalue weighted by Crippen LogP contribution is -2.52. The van der Waals surface area contributed by atoms with Crippen molar-refractivity contribution in [3.05, 3.63) is 51.9 Å². The number of nitrogens with zero attached hydrogens (tertiary/aromatic N) is 7. The van der Waals surface area contributed by atoms with E-state index in [0.717, 1.165) is 19.6 Å². The average Bonchev–Trinajstić information content (AvgIpc) is 2.90. The van der Waals surface area contributed by atoms with Crippen LogP contribution in [0.4, 0.5) is 5.82 Å². The average molecular weight is 570 g/mol. The van der Waals surface area contributed by atoms with Crippen molar-refractivity contribution < 1.29 is 4.79 Å². The van der Waals surface area contributed by atoms with Gasteiger partial charge in [0.15, 0.2) is 5.82 Å². The van der Waals surface area contributed by atoms with Gasteiger partial charge in [0.05, 0.1) is 4.47 Å². The summed E-state index contributed by atoms with van der Waals surface area (Å²) < 4.78 is 0.610. The molecular weight excluding hydrogens is 532 g/mol. The number of likely N-dealkylation sites (N-methyl/N-ethyl adjacent to an activating group) is 1. The number of likely N-dealkylation sites (tertiary alicyclic amines) is 1. The molecule has 0 saturated carbocycles. The second-order valence-corrected chi connectivity index (χ2v) is 11.3. The first-order valence-electron chi connectivity index (χ1n) is 13.1. The molecule has 3 heterocycles. The molecule has 1 amide bonds. The Morgan fingerprint density at radius 1 is 1.16 bits per heavy atom. The van der Waals surface area contributed by atoms with Crippen LogP contribution in [0.2, 0.25) is 0 Å². The predicted molar refractivity (Wildman–Crippen MR) is 148 cm³/mol. The first kappa shape index (κ1) is 27.5. The summed E-state index contributed by atoms with van der Waals surface area (Å²) in [4.78, 5) is 29.0. The van der Waals surface area contributed by atoms with Crippen LogP contribution in [-0.4, -0.2) is 89.5 Å². The first-order chi connectivity index (χ1) is 17.8. The molecule has 0 radical (unpaired) electrons. The third-order valence-electron chi connectivity index (χ3n) is 7.10. The topological polar surface area (TPSA) is 91.6 Å². The standard InChI is InChI=1S/C27H37BrN8O/c1-20(2)18-36(26-24(28)17-30-25(16-29)31-26)32-27(37)22-6-4-21(5-7-22)19-34-10-8-23(9-11-34)35-14-12-33(3)13-15-35/h4-7,17,20,23H,8-15,18-19H2,1-3H3,(H,32,37). The van der Waals surface area contributed by atoms with Crippen molar-refractivity contribution in [2.45, 2.75) is 39.3 Å². The fourth-order valence-corrected chi connectivity index (χ4v) is 5.39. The van der Waals surface area contributed by atoms with E-state index in [2.05, 4.69) is 66.9 Å². The maximum Gasteiger partial charge on any atom is 0.269 e. The largest absolute Gasteiger partial charge is 0.304 e. The summed E-state index contributed by atoms with van der Waals surface area (Å²) in [5, 5.41) is 10.9. The number of hydrogen-bond donors (Lipinski definition) is 1. The molecule has 198 valence electrons. The van der Waals surface area contributed by atoms with Crippen molar-refractivity contribution in [3.63, 3.8) is 0 Å². The maximum absolute atomic E-state index is 13.1. The number of halogens is 1. The van der Waals surface area contributed by atoms with E-state index in [1.54, 1.807) is 5.01 Å². The molecule has 0 bridgehead atoms. The van der Waals surface area contributed by atoms with Gasteiger partial charge < -0.3 is 4.90 Å². The second kappa shape index (κ2) is 12.8. The highest BCUT2D eigenvalue weighted by Crippen LogP contribution is 2.23. The Labute approximate surface area is 228 Å². The number of aromatic nitrogens is 2. The Morgan fingerprint density at radius 3 is 2.46 bits per heavy atom. The van der Waals surface area contributed by atoms with Crippen LogP contribution in [0.5, 0.6) is 0 Å². The molecule has 2 aromatic rings. The molecule has 2 aliphatic heterocycles. The molecule has 2 aliphatic rings. The van der Waals surface area contributed by atoms with E-state index in [0.29, 0.717) is 28.4 Å². The first-order valence-corrected chi connectivity index (χ1v) is 13.9. The summed E-state index contributed by atoms with van der Waals surface area (Å²) in [7, 11) is 2.21. The molecule has 10 heteroatoms. The molecule has 0 spiro atoms. The van der Waals surface area contributed by atoms with Gasteiger partial charge in [0, 0.05) is 57.1 Å². The van der Waals surface area contributed by atoms with Crippen LogP contribution in [0, 0.1) is 17.2 Å². The minimum atomic E-state index is -0.218. The molecule has 0 unspecified atom stereocenters. The minimum Gasteiger partial charge on any atom is -0.304 e. The summed E-state index contributed by atoms with van der Waals surface area (Å²) in [6.07, 6.45) is 3.98. The Balaban J connectivity index is 1.33. The lowest BCUT2D eigenvalue weighted by molar-refractivity contribution is 0.0658. The molecule has 1 aromatic carbocycles. The van der Waals surface area contributed by atoms with Gasteiger partial charge in [-0.15, -0.1) is 0 Å². The van der Waals surface area contributed by atoms with Crippen molar-refractivity contribution >= 4 is 27.7 Å². The van der Waals surface area contributed by atoms with E-state index in [1.165, 1.54) is 50.8 Å². The Kier molecular flexibility index (Phi) is 9.49. The normalized spacial score (nSPS) is 18.1. The van der Waals surface area contributed by atoms with Gasteiger partial charge in [-0.3, -0.25) is 25.0 Å². The summed E-state index contributed by atoms with van der Waals surface area (Å²) >= 11 is 3.44. The molecule has 1 aromatic heterocycles. The highest BCUT2D eigenvalue weighted by atomic mass is 79.9. The van der Waals surface area contributed by atoms with Crippen LogP contribution < -0.4 is 10.4 Å². The van der Waals surface area contributed by atoms with Crippen molar-refractivity contribution in [2.24, 2.45) is 5.92 Å². The number of rotatable bonds is 8. The highest BCUT2D eigenvalue weighted by molar-refractivity contribution is 9.10. The SMILES string of the molecule is CC(C)CN(NC(=O)c1ccc(CN2CCC(N3CCN(C)CC3)CC2)cc1)c1nc(C#N)ncc1Br. The van der Waals surface area contributed by atoms with E-state index in [1.807, 2.05) is 30.3 Å². The molecular formula is C27H37BrN8O. The number of amides is 1. The van der Waals surface area contributed by atoms with Crippen molar-refractivity contribution in [2.75, 3.05) is 57.9 Å². The fourth-order valence-electron chi connectivity index (χ4n) is 4.99. The fraction of sp³-hybridized carbons (Fsp3) is 0.556. The summed E-state index contributed by atoms with van der Waals surface area (Å²) in [6, 6.07) is 10.5. The van der Waals surface area contributed by atoms with Gasteiger partial charge >= 0.3 is 0 Å². The zero-order chi connectivity index (χ0) is 26.4. The van der Waals surface area contributed by atoms with Gasteiger partial charge in [-0.2, -0.15) is 10.2 Å². The number of carbonyl (C=O) groups excluding carboxylic acids is 1. The summed E-state index contributed by atoms with van der Waals surface area (Å²) in [5.41, 5.74) is 4.75. The van der Waals surface area contributed by atoms with Crippen LogP contribution in [0.1, 0.15) is 48.4 Å². The highest BCUT2D eigenvalue weighted by Gasteiger charge is 2.26. The van der Waals surface area contributed by atoms with Gasteiger partial charge in [0.25, 0.3) is 5.91 Å². The number of benzene rings is 1. The van der Waals surface area contributed by atoms with Gasteiger partial charge in [-0.1, -0.05) is 26.0 Å². The van der Waals surface area contributed by atoms with Gasteiger partial charge in [0.2, 0.25) is 5.82 Å². The van der Waals surface area contributed by atoms with Crippen molar-refractivity contribution in [1.29, 1.82) is 5.26 Å². The smallest absolute Gasteiger partial charge is 0.269 e. The molecule has 4 rings (SSSR count). The van der Waals surface area contributed by atoms with E-state index < -0.39 is 0 Å². The van der Waals surface area contributed by atoms with Crippen LogP contribution >= 0.6 is 15.9 Å². The quantitative estimate of drug-likeness (QED) is 0.485. The van der Waals surface area contributed by atoms with Crippen LogP contribution in [0.25, 0.3) is 0 Å². The van der Waals surface area contributed by atoms with Gasteiger partial charge in [0.1, 0.15) is 6.07 Å². The third kappa shape index (κ3) is 7.48. The number of hydrazine groups is 1. The Hall–Kier alpha value is -2.58. The minimum absolute atomic E-state index is 0.0538. The van der Waals surface area contributed by atoms with Gasteiger partial charge in [-0.05, 0) is 72.5 Å². The van der Waals surface area contributed by atoms with E-state index >= 15 is 0 Å². The van der Waals surface area contributed by atoms with E-state index in [9.17, 15) is 10.1 Å². The third-order valence-corrected chi connectivity index (χ3v) is 7.66. The lowest BCUT2D eigenvalue weighted by Gasteiger charge is -2.42. The Morgan fingerprint density at radius 2 is 1.84 bits per heavy atom. The van der Waals surface area contributed by atoms with Crippen LogP contribution in [0.15, 0.2) is 34.9 Å². The van der Waals surface area contributed by atoms with E-state index in [-0.39, 0.29) is 17.6 Å². The monoisotopic (exact) mass is 568 g/mol. The number of carbonyl (C=O) groups is 1. The van der Waals surface area contributed by atoms with Crippen molar-refractivity contribution in [3.8, 4) is 6.07 Å². The summed E-state index contributed by atoms with van der Waals surface area (Å²) in [6.45, 7) is 12.5. The number of piperidine rings is 1. The number of anilines is 1. The van der Waals surface area contributed by atoms with Crippen LogP contribution in [-0.2, 0) is 6.54 Å². The zero-order valence-electron chi connectivity index (χ0n) is 22.0. The summed E-state index contributed by atoms with van der Waals surface area (Å²) in [5.74, 6) is 0.558. The molecule has 37 heavy (non-hydrogen) atoms. The molecule has 1 N–H and O–H groups in total. The number of nitrogens with one attached hydrogen (secondary N) is 1. The lowest BCUT2D eigenvalue weighted by atomic mass is 10.0. The Bertz CT molecular complexity index is 1090. The van der Waals surface area contributed by atoms with Crippen LogP contribution in [0.3, 0.4) is 0 Å².